The first kappa shape index (κ1) is 30.0. The number of benzene rings is 2. The van der Waals surface area contributed by atoms with Crippen molar-refractivity contribution in [3.8, 4) is 11.5 Å². The van der Waals surface area contributed by atoms with Crippen molar-refractivity contribution in [3.63, 3.8) is 0 Å². The van der Waals surface area contributed by atoms with Gasteiger partial charge in [0.15, 0.2) is 18.1 Å². The van der Waals surface area contributed by atoms with Gasteiger partial charge in [0.2, 0.25) is 11.1 Å². The Morgan fingerprint density at radius 1 is 1.05 bits per heavy atom. The van der Waals surface area contributed by atoms with E-state index >= 15 is 0 Å². The highest BCUT2D eigenvalue weighted by atomic mass is 32.2. The van der Waals surface area contributed by atoms with Gasteiger partial charge in [0.1, 0.15) is 6.04 Å². The molecule has 2 heterocycles. The molecule has 1 unspecified atom stereocenters. The number of anilines is 2. The average molecular weight is 579 g/mol. The average Bonchev–Trinajstić information content (AvgIpc) is 3.34. The number of fused-ring (bicyclic) bond motifs is 1. The fourth-order valence-corrected chi connectivity index (χ4v) is 5.29. The number of rotatable bonds is 12. The van der Waals surface area contributed by atoms with E-state index in [0.717, 1.165) is 16.9 Å². The second kappa shape index (κ2) is 13.6. The highest BCUT2D eigenvalue weighted by molar-refractivity contribution is 7.99. The third kappa shape index (κ3) is 6.84. The SMILES string of the molecule is CCOc1cc(C2C(C(=O)Nc3cccc(C)c3)=C(C)Nc3nc(SCC)nn32)ccc1OCC(=O)N(CC)CC. The zero-order valence-corrected chi connectivity index (χ0v) is 25.3. The molecule has 0 saturated carbocycles. The maximum absolute atomic E-state index is 13.8. The highest BCUT2D eigenvalue weighted by Crippen LogP contribution is 2.40. The van der Waals surface area contributed by atoms with Crippen LogP contribution in [0, 0.1) is 6.92 Å². The van der Waals surface area contributed by atoms with Gasteiger partial charge in [-0.2, -0.15) is 4.98 Å². The molecule has 2 amide bonds. The zero-order valence-electron chi connectivity index (χ0n) is 24.5. The van der Waals surface area contributed by atoms with Crippen molar-refractivity contribution in [2.75, 3.05) is 42.7 Å². The second-order valence-corrected chi connectivity index (χ2v) is 10.7. The fourth-order valence-electron chi connectivity index (χ4n) is 4.73. The molecule has 0 fully saturated rings. The normalized spacial score (nSPS) is 14.2. The maximum Gasteiger partial charge on any atom is 0.260 e. The van der Waals surface area contributed by atoms with E-state index < -0.39 is 6.04 Å². The van der Waals surface area contributed by atoms with Gasteiger partial charge in [-0.05, 0) is 75.8 Å². The van der Waals surface area contributed by atoms with Gasteiger partial charge in [-0.25, -0.2) is 4.68 Å². The molecule has 4 rings (SSSR count). The molecule has 41 heavy (non-hydrogen) atoms. The standard InChI is InChI=1S/C30H38N6O4S/c1-7-35(8-2)25(37)18-40-23-15-14-21(17-24(23)39-9-3)27-26(28(38)32-22-13-11-12-19(5)16-22)20(6)31-29-33-30(41-10-4)34-36(27)29/h11-17,27H,7-10,18H2,1-6H3,(H,32,38)(H,31,33,34). The predicted octanol–water partition coefficient (Wildman–Crippen LogP) is 5.27. The van der Waals surface area contributed by atoms with Gasteiger partial charge in [0, 0.05) is 24.5 Å². The number of ether oxygens (including phenoxy) is 2. The lowest BCUT2D eigenvalue weighted by Gasteiger charge is -2.29. The number of amides is 2. The van der Waals surface area contributed by atoms with Crippen LogP contribution in [-0.2, 0) is 9.59 Å². The van der Waals surface area contributed by atoms with Gasteiger partial charge in [-0.1, -0.05) is 36.9 Å². The molecule has 1 atom stereocenters. The Hall–Kier alpha value is -3.99. The summed E-state index contributed by atoms with van der Waals surface area (Å²) in [7, 11) is 0. The molecule has 11 heteroatoms. The Balaban J connectivity index is 1.73. The van der Waals surface area contributed by atoms with Gasteiger partial charge in [0.25, 0.3) is 11.8 Å². The molecular weight excluding hydrogens is 540 g/mol. The number of thioether (sulfide) groups is 1. The maximum atomic E-state index is 13.8. The van der Waals surface area contributed by atoms with Crippen LogP contribution < -0.4 is 20.1 Å². The summed E-state index contributed by atoms with van der Waals surface area (Å²) in [5.41, 5.74) is 3.70. The number of nitrogens with one attached hydrogen (secondary N) is 2. The summed E-state index contributed by atoms with van der Waals surface area (Å²) in [4.78, 5) is 32.7. The highest BCUT2D eigenvalue weighted by Gasteiger charge is 2.35. The molecule has 0 radical (unpaired) electrons. The van der Waals surface area contributed by atoms with Crippen LogP contribution in [0.5, 0.6) is 11.5 Å². The third-order valence-corrected chi connectivity index (χ3v) is 7.40. The Morgan fingerprint density at radius 2 is 1.83 bits per heavy atom. The lowest BCUT2D eigenvalue weighted by atomic mass is 9.94. The molecule has 1 aliphatic rings. The van der Waals surface area contributed by atoms with Gasteiger partial charge in [-0.3, -0.25) is 9.59 Å². The molecule has 2 N–H and O–H groups in total. The van der Waals surface area contributed by atoms with E-state index in [2.05, 4.69) is 15.6 Å². The van der Waals surface area contributed by atoms with Crippen molar-refractivity contribution in [3.05, 3.63) is 64.9 Å². The summed E-state index contributed by atoms with van der Waals surface area (Å²) >= 11 is 1.53. The quantitative estimate of drug-likeness (QED) is 0.280. The van der Waals surface area contributed by atoms with Crippen LogP contribution in [-0.4, -0.2) is 63.5 Å². The fraction of sp³-hybridized carbons (Fsp3) is 0.400. The molecule has 0 spiro atoms. The summed E-state index contributed by atoms with van der Waals surface area (Å²) < 4.78 is 13.6. The Labute approximate surface area is 245 Å². The van der Waals surface area contributed by atoms with E-state index in [9.17, 15) is 9.59 Å². The summed E-state index contributed by atoms with van der Waals surface area (Å²) in [6, 6.07) is 12.6. The number of nitrogens with zero attached hydrogens (tertiary/aromatic N) is 4. The molecule has 1 aromatic heterocycles. The van der Waals surface area contributed by atoms with E-state index in [-0.39, 0.29) is 18.4 Å². The summed E-state index contributed by atoms with van der Waals surface area (Å²) in [6.07, 6.45) is 0. The van der Waals surface area contributed by atoms with Crippen LogP contribution in [0.25, 0.3) is 0 Å². The van der Waals surface area contributed by atoms with Crippen molar-refractivity contribution in [1.82, 2.24) is 19.7 Å². The third-order valence-electron chi connectivity index (χ3n) is 6.68. The van der Waals surface area contributed by atoms with E-state index in [4.69, 9.17) is 14.6 Å². The predicted molar refractivity (Wildman–Crippen MR) is 162 cm³/mol. The minimum Gasteiger partial charge on any atom is -0.490 e. The van der Waals surface area contributed by atoms with Crippen molar-refractivity contribution in [2.24, 2.45) is 0 Å². The molecule has 10 nitrogen and oxygen atoms in total. The Kier molecular flexibility index (Phi) is 9.93. The summed E-state index contributed by atoms with van der Waals surface area (Å²) in [5, 5.41) is 11.7. The van der Waals surface area contributed by atoms with Crippen molar-refractivity contribution in [2.45, 2.75) is 52.7 Å². The Morgan fingerprint density at radius 3 is 2.51 bits per heavy atom. The second-order valence-electron chi connectivity index (χ2n) is 9.48. The molecule has 0 aliphatic carbocycles. The number of hydrogen-bond acceptors (Lipinski definition) is 8. The number of likely N-dealkylation sites (N-methyl/N-ethyl adjacent to an activating group) is 1. The van der Waals surface area contributed by atoms with E-state index in [1.165, 1.54) is 11.8 Å². The summed E-state index contributed by atoms with van der Waals surface area (Å²) in [6.45, 7) is 13.2. The van der Waals surface area contributed by atoms with E-state index in [1.54, 1.807) is 15.6 Å². The first-order valence-corrected chi connectivity index (χ1v) is 14.9. The number of hydrogen-bond donors (Lipinski definition) is 2. The smallest absolute Gasteiger partial charge is 0.260 e. The molecule has 0 bridgehead atoms. The minimum absolute atomic E-state index is 0.0948. The van der Waals surface area contributed by atoms with E-state index in [0.29, 0.717) is 59.3 Å². The first-order valence-electron chi connectivity index (χ1n) is 13.9. The number of carbonyl (C=O) groups excluding carboxylic acids is 2. The monoisotopic (exact) mass is 578 g/mol. The number of allylic oxidation sites excluding steroid dienone is 1. The zero-order chi connectivity index (χ0) is 29.5. The Bertz CT molecular complexity index is 1430. The van der Waals surface area contributed by atoms with Crippen LogP contribution in [0.1, 0.15) is 51.8 Å². The van der Waals surface area contributed by atoms with Gasteiger partial charge in [0.05, 0.1) is 12.2 Å². The molecule has 3 aromatic rings. The summed E-state index contributed by atoms with van der Waals surface area (Å²) in [5.74, 6) is 1.96. The van der Waals surface area contributed by atoms with Crippen molar-refractivity contribution in [1.29, 1.82) is 0 Å². The lowest BCUT2D eigenvalue weighted by molar-refractivity contribution is -0.133. The van der Waals surface area contributed by atoms with Crippen molar-refractivity contribution < 1.29 is 19.1 Å². The van der Waals surface area contributed by atoms with Crippen LogP contribution in [0.4, 0.5) is 11.6 Å². The van der Waals surface area contributed by atoms with Crippen LogP contribution in [0.3, 0.4) is 0 Å². The van der Waals surface area contributed by atoms with Crippen LogP contribution in [0.2, 0.25) is 0 Å². The van der Waals surface area contributed by atoms with Gasteiger partial charge in [-0.15, -0.1) is 5.10 Å². The van der Waals surface area contributed by atoms with Crippen LogP contribution in [0.15, 0.2) is 58.9 Å². The molecule has 2 aromatic carbocycles. The number of carbonyl (C=O) groups is 2. The minimum atomic E-state index is -0.583. The first-order chi connectivity index (χ1) is 19.8. The number of aromatic nitrogens is 3. The number of aryl methyl sites for hydroxylation is 1. The van der Waals surface area contributed by atoms with Gasteiger partial charge >= 0.3 is 0 Å². The molecule has 218 valence electrons. The molecular formula is C30H38N6O4S. The topological polar surface area (TPSA) is 111 Å². The largest absolute Gasteiger partial charge is 0.490 e. The lowest BCUT2D eigenvalue weighted by Crippen LogP contribution is -2.34. The van der Waals surface area contributed by atoms with Crippen LogP contribution >= 0.6 is 11.8 Å². The molecule has 0 saturated heterocycles. The van der Waals surface area contributed by atoms with E-state index in [1.807, 2.05) is 77.9 Å². The molecule has 1 aliphatic heterocycles. The van der Waals surface area contributed by atoms with Crippen molar-refractivity contribution >= 4 is 35.2 Å². The van der Waals surface area contributed by atoms with Gasteiger partial charge < -0.3 is 25.0 Å².